The Kier molecular flexibility index (Phi) is 8.72. The van der Waals surface area contributed by atoms with Crippen molar-refractivity contribution in [3.05, 3.63) is 41.1 Å². The summed E-state index contributed by atoms with van der Waals surface area (Å²) < 4.78 is 56.1. The molecule has 1 N–H and O–H groups in total. The van der Waals surface area contributed by atoms with E-state index < -0.39 is 20.1 Å². The second-order valence-electron chi connectivity index (χ2n) is 12.0. The fourth-order valence-corrected chi connectivity index (χ4v) is 5.12. The van der Waals surface area contributed by atoms with E-state index in [-0.39, 0.29) is 17.2 Å². The molecule has 0 radical (unpaired) electrons. The van der Waals surface area contributed by atoms with Crippen molar-refractivity contribution < 1.29 is 22.3 Å². The average Bonchev–Trinajstić information content (AvgIpc) is 3.20. The molecule has 1 saturated heterocycles. The highest BCUT2D eigenvalue weighted by Crippen LogP contribution is 2.41. The molecule has 224 valence electrons. The molecule has 0 aliphatic carbocycles. The summed E-state index contributed by atoms with van der Waals surface area (Å²) in [5.74, 6) is 1.14. The van der Waals surface area contributed by atoms with Crippen molar-refractivity contribution in [3.8, 4) is 0 Å². The zero-order valence-electron chi connectivity index (χ0n) is 25.1. The standard InChI is InChI=1S/C28H40F3N7O2Si/c1-19-25(34-22-11-9-10-21(28(29,30)31)20(22)17-40-41(7,8)27(2,3)4)38-26(33-19)23(32-18-36(5)6)16-24(35-38)37-12-14-39-15-13-37/h9-11,16,18,34H,12-15,17H2,1-8H3. The van der Waals surface area contributed by atoms with Crippen molar-refractivity contribution in [3.63, 3.8) is 0 Å². The smallest absolute Gasteiger partial charge is 0.412 e. The van der Waals surface area contributed by atoms with Crippen LogP contribution in [0.5, 0.6) is 0 Å². The number of aryl methyl sites for hydroxylation is 1. The maximum Gasteiger partial charge on any atom is 0.416 e. The Bertz CT molecular complexity index is 1410. The summed E-state index contributed by atoms with van der Waals surface area (Å²) in [6.07, 6.45) is -2.87. The number of nitrogens with one attached hydrogen (secondary N) is 1. The van der Waals surface area contributed by atoms with E-state index in [1.54, 1.807) is 23.8 Å². The molecule has 3 heterocycles. The number of benzene rings is 1. The molecule has 3 aromatic rings. The van der Waals surface area contributed by atoms with Gasteiger partial charge in [-0.15, -0.1) is 5.10 Å². The summed E-state index contributed by atoms with van der Waals surface area (Å²) in [5, 5.41) is 7.93. The number of ether oxygens (including phenoxy) is 1. The van der Waals surface area contributed by atoms with Crippen LogP contribution >= 0.6 is 0 Å². The lowest BCUT2D eigenvalue weighted by Crippen LogP contribution is -2.40. The van der Waals surface area contributed by atoms with Gasteiger partial charge in [-0.2, -0.15) is 17.7 Å². The molecule has 4 rings (SSSR count). The Hall–Kier alpha value is -3.16. The van der Waals surface area contributed by atoms with Gasteiger partial charge in [-0.05, 0) is 37.2 Å². The van der Waals surface area contributed by atoms with E-state index in [1.807, 2.05) is 38.2 Å². The number of hydrogen-bond acceptors (Lipinski definition) is 7. The van der Waals surface area contributed by atoms with Gasteiger partial charge in [0, 0.05) is 44.5 Å². The first-order valence-corrected chi connectivity index (χ1v) is 16.5. The number of anilines is 3. The van der Waals surface area contributed by atoms with Crippen molar-refractivity contribution in [1.82, 2.24) is 19.5 Å². The molecule has 0 atom stereocenters. The number of imidazole rings is 1. The van der Waals surface area contributed by atoms with Gasteiger partial charge in [0.2, 0.25) is 0 Å². The van der Waals surface area contributed by atoms with Crippen LogP contribution in [0.1, 0.15) is 37.6 Å². The number of fused-ring (bicyclic) bond motifs is 1. The van der Waals surface area contributed by atoms with E-state index in [4.69, 9.17) is 19.2 Å². The van der Waals surface area contributed by atoms with Crippen LogP contribution in [0.4, 0.5) is 36.2 Å². The highest BCUT2D eigenvalue weighted by atomic mass is 28.4. The zero-order valence-corrected chi connectivity index (χ0v) is 26.1. The molecule has 0 amide bonds. The van der Waals surface area contributed by atoms with Crippen LogP contribution in [-0.2, 0) is 21.9 Å². The Morgan fingerprint density at radius 2 is 1.85 bits per heavy atom. The molecule has 0 spiro atoms. The predicted octanol–water partition coefficient (Wildman–Crippen LogP) is 6.38. The van der Waals surface area contributed by atoms with Gasteiger partial charge in [-0.25, -0.2) is 9.98 Å². The summed E-state index contributed by atoms with van der Waals surface area (Å²) in [6.45, 7) is 14.3. The minimum absolute atomic E-state index is 0.0503. The van der Waals surface area contributed by atoms with Crippen molar-refractivity contribution in [2.75, 3.05) is 50.6 Å². The summed E-state index contributed by atoms with van der Waals surface area (Å²) in [6, 6.07) is 6.01. The molecule has 0 unspecified atom stereocenters. The minimum Gasteiger partial charge on any atom is -0.412 e. The first-order chi connectivity index (χ1) is 19.1. The highest BCUT2D eigenvalue weighted by Gasteiger charge is 2.39. The first-order valence-electron chi connectivity index (χ1n) is 13.6. The lowest BCUT2D eigenvalue weighted by atomic mass is 10.1. The normalized spacial score (nSPS) is 15.2. The Balaban J connectivity index is 1.83. The molecule has 2 aromatic heterocycles. The largest absolute Gasteiger partial charge is 0.416 e. The molecule has 0 saturated carbocycles. The molecule has 1 aliphatic rings. The third-order valence-corrected chi connectivity index (χ3v) is 12.1. The molecule has 0 bridgehead atoms. The maximum absolute atomic E-state index is 14.2. The molecule has 9 nitrogen and oxygen atoms in total. The number of hydrogen-bond donors (Lipinski definition) is 1. The molecule has 1 aliphatic heterocycles. The van der Waals surface area contributed by atoms with Crippen molar-refractivity contribution in [2.24, 2.45) is 4.99 Å². The van der Waals surface area contributed by atoms with Crippen LogP contribution in [0.2, 0.25) is 18.1 Å². The number of halogens is 3. The van der Waals surface area contributed by atoms with Gasteiger partial charge < -0.3 is 24.3 Å². The van der Waals surface area contributed by atoms with E-state index in [0.29, 0.717) is 60.7 Å². The van der Waals surface area contributed by atoms with Gasteiger partial charge in [0.25, 0.3) is 0 Å². The first kappa shape index (κ1) is 30.8. The van der Waals surface area contributed by atoms with Gasteiger partial charge in [0.05, 0.1) is 37.4 Å². The Morgan fingerprint density at radius 1 is 1.17 bits per heavy atom. The molecule has 13 heteroatoms. The van der Waals surface area contributed by atoms with Crippen LogP contribution in [0.15, 0.2) is 29.3 Å². The fourth-order valence-electron chi connectivity index (χ4n) is 4.18. The summed E-state index contributed by atoms with van der Waals surface area (Å²) in [7, 11) is 1.40. The molecule has 1 fully saturated rings. The van der Waals surface area contributed by atoms with Crippen molar-refractivity contribution in [2.45, 2.75) is 58.6 Å². The molecular formula is C28H40F3N7O2Si. The lowest BCUT2D eigenvalue weighted by molar-refractivity contribution is -0.138. The van der Waals surface area contributed by atoms with Gasteiger partial charge in [0.15, 0.2) is 25.6 Å². The molecule has 1 aromatic carbocycles. The zero-order chi connectivity index (χ0) is 30.2. The predicted molar refractivity (Wildman–Crippen MR) is 159 cm³/mol. The van der Waals surface area contributed by atoms with Crippen LogP contribution in [-0.4, -0.2) is 74.6 Å². The second kappa shape index (κ2) is 11.6. The highest BCUT2D eigenvalue weighted by molar-refractivity contribution is 6.74. The van der Waals surface area contributed by atoms with Crippen molar-refractivity contribution >= 4 is 43.3 Å². The summed E-state index contributed by atoms with van der Waals surface area (Å²) in [4.78, 5) is 13.2. The Morgan fingerprint density at radius 3 is 2.46 bits per heavy atom. The topological polar surface area (TPSA) is 79.5 Å². The van der Waals surface area contributed by atoms with Crippen LogP contribution in [0.3, 0.4) is 0 Å². The minimum atomic E-state index is -4.55. The van der Waals surface area contributed by atoms with Gasteiger partial charge in [-0.1, -0.05) is 26.8 Å². The molecule has 41 heavy (non-hydrogen) atoms. The second-order valence-corrected chi connectivity index (χ2v) is 16.8. The summed E-state index contributed by atoms with van der Waals surface area (Å²) in [5.41, 5.74) is 1.27. The summed E-state index contributed by atoms with van der Waals surface area (Å²) >= 11 is 0. The molecular weight excluding hydrogens is 551 g/mol. The average molecular weight is 592 g/mol. The monoisotopic (exact) mass is 591 g/mol. The van der Waals surface area contributed by atoms with Gasteiger partial charge >= 0.3 is 6.18 Å². The van der Waals surface area contributed by atoms with E-state index in [0.717, 1.165) is 6.07 Å². The number of nitrogens with zero attached hydrogens (tertiary/aromatic N) is 6. The maximum atomic E-state index is 14.2. The quantitative estimate of drug-likeness (QED) is 0.185. The van der Waals surface area contributed by atoms with Crippen molar-refractivity contribution in [1.29, 1.82) is 0 Å². The SMILES string of the molecule is Cc1nc2c(N=CN(C)C)cc(N3CCOCC3)nn2c1Nc1cccc(C(F)(F)F)c1CO[Si](C)(C)C(C)(C)C. The third kappa shape index (κ3) is 6.84. The van der Waals surface area contributed by atoms with Crippen LogP contribution in [0, 0.1) is 6.92 Å². The van der Waals surface area contributed by atoms with Crippen LogP contribution < -0.4 is 10.2 Å². The number of alkyl halides is 3. The lowest BCUT2D eigenvalue weighted by Gasteiger charge is -2.36. The van der Waals surface area contributed by atoms with E-state index in [2.05, 4.69) is 36.0 Å². The van der Waals surface area contributed by atoms with E-state index >= 15 is 0 Å². The fraction of sp³-hybridized carbons (Fsp3) is 0.536. The number of rotatable bonds is 8. The van der Waals surface area contributed by atoms with Gasteiger partial charge in [-0.3, -0.25) is 0 Å². The Labute approximate surface area is 240 Å². The van der Waals surface area contributed by atoms with Gasteiger partial charge in [0.1, 0.15) is 5.69 Å². The third-order valence-electron chi connectivity index (χ3n) is 7.61. The van der Waals surface area contributed by atoms with E-state index in [9.17, 15) is 13.2 Å². The number of morpholine rings is 1. The van der Waals surface area contributed by atoms with Crippen LogP contribution in [0.25, 0.3) is 5.65 Å². The number of aromatic nitrogens is 3. The number of aliphatic imine (C=N–C) groups is 1. The van der Waals surface area contributed by atoms with E-state index in [1.165, 1.54) is 6.07 Å².